The van der Waals surface area contributed by atoms with Gasteiger partial charge in [0.05, 0.1) is 0 Å². The van der Waals surface area contributed by atoms with Gasteiger partial charge in [0.2, 0.25) is 0 Å². The number of rotatable bonds is 3. The van der Waals surface area contributed by atoms with E-state index in [4.69, 9.17) is 5.73 Å². The van der Waals surface area contributed by atoms with Crippen LogP contribution in [0.1, 0.15) is 18.4 Å². The summed E-state index contributed by atoms with van der Waals surface area (Å²) in [5.74, 6) is 0. The third-order valence-electron chi connectivity index (χ3n) is 3.97. The predicted molar refractivity (Wildman–Crippen MR) is 76.4 cm³/mol. The summed E-state index contributed by atoms with van der Waals surface area (Å²) in [6, 6.07) is 15.9. The molecular formula is C16H20N2. The van der Waals surface area contributed by atoms with Crippen LogP contribution >= 0.6 is 0 Å². The summed E-state index contributed by atoms with van der Waals surface area (Å²) >= 11 is 0. The SMILES string of the molecule is NC[C@@H]1CCCN1Cc1ccc2ccccc2c1. The lowest BCUT2D eigenvalue weighted by Gasteiger charge is -2.23. The minimum Gasteiger partial charge on any atom is -0.329 e. The molecule has 1 heterocycles. The van der Waals surface area contributed by atoms with Crippen molar-refractivity contribution in [1.82, 2.24) is 4.90 Å². The maximum atomic E-state index is 5.83. The number of hydrogen-bond donors (Lipinski definition) is 1. The Hall–Kier alpha value is -1.38. The zero-order valence-electron chi connectivity index (χ0n) is 10.7. The number of fused-ring (bicyclic) bond motifs is 1. The topological polar surface area (TPSA) is 29.3 Å². The molecule has 1 saturated heterocycles. The van der Waals surface area contributed by atoms with Crippen LogP contribution in [0.3, 0.4) is 0 Å². The van der Waals surface area contributed by atoms with Gasteiger partial charge in [-0.2, -0.15) is 0 Å². The summed E-state index contributed by atoms with van der Waals surface area (Å²) in [5, 5.41) is 2.65. The molecule has 0 radical (unpaired) electrons. The predicted octanol–water partition coefficient (Wildman–Crippen LogP) is 2.76. The molecule has 1 aliphatic rings. The molecule has 0 spiro atoms. The van der Waals surface area contributed by atoms with E-state index in [1.54, 1.807) is 0 Å². The zero-order chi connectivity index (χ0) is 12.4. The largest absolute Gasteiger partial charge is 0.329 e. The van der Waals surface area contributed by atoms with Crippen molar-refractivity contribution in [3.8, 4) is 0 Å². The first kappa shape index (κ1) is 11.7. The standard InChI is InChI=1S/C16H20N2/c17-11-16-6-3-9-18(16)12-13-7-8-14-4-1-2-5-15(14)10-13/h1-2,4-5,7-8,10,16H,3,6,9,11-12,17H2/t16-/m0/s1. The minimum absolute atomic E-state index is 0.580. The van der Waals surface area contributed by atoms with Crippen LogP contribution in [0.25, 0.3) is 10.8 Å². The van der Waals surface area contributed by atoms with Crippen LogP contribution in [0, 0.1) is 0 Å². The molecule has 2 aromatic carbocycles. The van der Waals surface area contributed by atoms with E-state index >= 15 is 0 Å². The second-order valence-corrected chi connectivity index (χ2v) is 5.18. The van der Waals surface area contributed by atoms with E-state index in [9.17, 15) is 0 Å². The van der Waals surface area contributed by atoms with E-state index < -0.39 is 0 Å². The zero-order valence-corrected chi connectivity index (χ0v) is 10.7. The van der Waals surface area contributed by atoms with Crippen molar-refractivity contribution >= 4 is 10.8 Å². The van der Waals surface area contributed by atoms with Gasteiger partial charge in [0.1, 0.15) is 0 Å². The first-order chi connectivity index (χ1) is 8.86. The van der Waals surface area contributed by atoms with E-state index in [1.165, 1.54) is 35.7 Å². The fourth-order valence-electron chi connectivity index (χ4n) is 2.94. The summed E-state index contributed by atoms with van der Waals surface area (Å²) in [6.07, 6.45) is 2.54. The number of nitrogens with zero attached hydrogens (tertiary/aromatic N) is 1. The molecule has 1 fully saturated rings. The summed E-state index contributed by atoms with van der Waals surface area (Å²) in [4.78, 5) is 2.52. The molecule has 2 heteroatoms. The highest BCUT2D eigenvalue weighted by Gasteiger charge is 2.22. The molecule has 94 valence electrons. The van der Waals surface area contributed by atoms with E-state index in [-0.39, 0.29) is 0 Å². The Morgan fingerprint density at radius 1 is 1.11 bits per heavy atom. The van der Waals surface area contributed by atoms with Crippen molar-refractivity contribution in [3.05, 3.63) is 48.0 Å². The normalized spacial score (nSPS) is 20.6. The first-order valence-electron chi connectivity index (χ1n) is 6.78. The maximum Gasteiger partial charge on any atom is 0.0237 e. The van der Waals surface area contributed by atoms with Crippen molar-refractivity contribution in [3.63, 3.8) is 0 Å². The number of benzene rings is 2. The van der Waals surface area contributed by atoms with Gasteiger partial charge in [-0.3, -0.25) is 4.90 Å². The fourth-order valence-corrected chi connectivity index (χ4v) is 2.94. The Kier molecular flexibility index (Phi) is 3.31. The molecule has 1 atom stereocenters. The highest BCUT2D eigenvalue weighted by Crippen LogP contribution is 2.21. The molecule has 18 heavy (non-hydrogen) atoms. The second-order valence-electron chi connectivity index (χ2n) is 5.18. The van der Waals surface area contributed by atoms with Gasteiger partial charge in [-0.15, -0.1) is 0 Å². The third kappa shape index (κ3) is 2.26. The molecule has 3 rings (SSSR count). The van der Waals surface area contributed by atoms with Gasteiger partial charge in [0, 0.05) is 19.1 Å². The lowest BCUT2D eigenvalue weighted by atomic mass is 10.1. The van der Waals surface area contributed by atoms with Crippen molar-refractivity contribution < 1.29 is 0 Å². The quantitative estimate of drug-likeness (QED) is 0.894. The van der Waals surface area contributed by atoms with Crippen molar-refractivity contribution in [2.45, 2.75) is 25.4 Å². The molecule has 0 saturated carbocycles. The maximum absolute atomic E-state index is 5.83. The van der Waals surface area contributed by atoms with Crippen LogP contribution in [0.4, 0.5) is 0 Å². The smallest absolute Gasteiger partial charge is 0.0237 e. The first-order valence-corrected chi connectivity index (χ1v) is 6.78. The van der Waals surface area contributed by atoms with Gasteiger partial charge in [-0.1, -0.05) is 36.4 Å². The molecule has 0 bridgehead atoms. The Morgan fingerprint density at radius 3 is 2.78 bits per heavy atom. The van der Waals surface area contributed by atoms with Gasteiger partial charge in [-0.25, -0.2) is 0 Å². The highest BCUT2D eigenvalue weighted by molar-refractivity contribution is 5.82. The second kappa shape index (κ2) is 5.09. The Balaban J connectivity index is 1.82. The third-order valence-corrected chi connectivity index (χ3v) is 3.97. The summed E-state index contributed by atoms with van der Waals surface area (Å²) in [7, 11) is 0. The molecule has 0 amide bonds. The fraction of sp³-hybridized carbons (Fsp3) is 0.375. The van der Waals surface area contributed by atoms with Crippen molar-refractivity contribution in [2.24, 2.45) is 5.73 Å². The van der Waals surface area contributed by atoms with Gasteiger partial charge < -0.3 is 5.73 Å². The van der Waals surface area contributed by atoms with Crippen LogP contribution in [0.2, 0.25) is 0 Å². The van der Waals surface area contributed by atoms with E-state index in [1.807, 2.05) is 0 Å². The molecule has 2 nitrogen and oxygen atoms in total. The Bertz CT molecular complexity index is 535. The molecular weight excluding hydrogens is 220 g/mol. The average molecular weight is 240 g/mol. The summed E-state index contributed by atoms with van der Waals surface area (Å²) < 4.78 is 0. The number of nitrogens with two attached hydrogens (primary N) is 1. The van der Waals surface area contributed by atoms with E-state index in [0.29, 0.717) is 6.04 Å². The summed E-state index contributed by atoms with van der Waals surface area (Å²) in [6.45, 7) is 3.01. The number of likely N-dealkylation sites (tertiary alicyclic amines) is 1. The van der Waals surface area contributed by atoms with Crippen LogP contribution in [0.5, 0.6) is 0 Å². The van der Waals surface area contributed by atoms with Gasteiger partial charge in [0.15, 0.2) is 0 Å². The van der Waals surface area contributed by atoms with Crippen molar-refractivity contribution in [1.29, 1.82) is 0 Å². The molecule has 0 aliphatic carbocycles. The van der Waals surface area contributed by atoms with Gasteiger partial charge in [-0.05, 0) is 41.8 Å². The van der Waals surface area contributed by atoms with Gasteiger partial charge >= 0.3 is 0 Å². The molecule has 1 aliphatic heterocycles. The average Bonchev–Trinajstić information content (AvgIpc) is 2.86. The Morgan fingerprint density at radius 2 is 1.94 bits per heavy atom. The van der Waals surface area contributed by atoms with Crippen molar-refractivity contribution in [2.75, 3.05) is 13.1 Å². The Labute approximate surface area is 108 Å². The van der Waals surface area contributed by atoms with Crippen LogP contribution < -0.4 is 5.73 Å². The molecule has 2 aromatic rings. The molecule has 0 aromatic heterocycles. The van der Waals surface area contributed by atoms with E-state index in [2.05, 4.69) is 47.4 Å². The van der Waals surface area contributed by atoms with E-state index in [0.717, 1.165) is 13.1 Å². The van der Waals surface area contributed by atoms with Crippen LogP contribution in [0.15, 0.2) is 42.5 Å². The molecule has 0 unspecified atom stereocenters. The van der Waals surface area contributed by atoms with Gasteiger partial charge in [0.25, 0.3) is 0 Å². The van der Waals surface area contributed by atoms with Crippen LogP contribution in [-0.4, -0.2) is 24.0 Å². The highest BCUT2D eigenvalue weighted by atomic mass is 15.2. The minimum atomic E-state index is 0.580. The lowest BCUT2D eigenvalue weighted by Crippen LogP contribution is -2.34. The lowest BCUT2D eigenvalue weighted by molar-refractivity contribution is 0.250. The summed E-state index contributed by atoms with van der Waals surface area (Å²) in [5.41, 5.74) is 7.22. The number of hydrogen-bond acceptors (Lipinski definition) is 2. The van der Waals surface area contributed by atoms with Crippen LogP contribution in [-0.2, 0) is 6.54 Å². The molecule has 2 N–H and O–H groups in total. The monoisotopic (exact) mass is 240 g/mol.